The molecule has 2 N–H and O–H groups in total. The van der Waals surface area contributed by atoms with Gasteiger partial charge in [-0.25, -0.2) is 0 Å². The first-order valence-corrected chi connectivity index (χ1v) is 6.57. The van der Waals surface area contributed by atoms with Gasteiger partial charge in [0, 0.05) is 19.1 Å². The molecule has 0 aromatic heterocycles. The first kappa shape index (κ1) is 12.8. The van der Waals surface area contributed by atoms with Gasteiger partial charge in [0.25, 0.3) is 0 Å². The molecular weight excluding hydrogens is 218 g/mol. The Balaban J connectivity index is 1.97. The zero-order valence-corrected chi connectivity index (χ0v) is 10.6. The molecule has 98 valence electrons. The van der Waals surface area contributed by atoms with Gasteiger partial charge in [0.15, 0.2) is 0 Å². The van der Waals surface area contributed by atoms with Gasteiger partial charge in [-0.15, -0.1) is 0 Å². The molecule has 2 atom stereocenters. The number of carbonyl (C=O) groups excluding carboxylic acids is 1. The molecule has 2 saturated heterocycles. The Kier molecular flexibility index (Phi) is 4.36. The maximum atomic E-state index is 11.9. The highest BCUT2D eigenvalue weighted by atomic mass is 16.5. The maximum absolute atomic E-state index is 11.9. The van der Waals surface area contributed by atoms with Crippen LogP contribution in [0.1, 0.15) is 19.8 Å². The summed E-state index contributed by atoms with van der Waals surface area (Å²) in [5, 5.41) is 0. The molecule has 5 heteroatoms. The first-order valence-electron chi connectivity index (χ1n) is 6.57. The summed E-state index contributed by atoms with van der Waals surface area (Å²) in [6, 6.07) is 0.576. The van der Waals surface area contributed by atoms with Crippen molar-refractivity contribution in [2.75, 3.05) is 39.4 Å². The summed E-state index contributed by atoms with van der Waals surface area (Å²) in [5.74, 6) is 0.0923. The summed E-state index contributed by atoms with van der Waals surface area (Å²) >= 11 is 0. The van der Waals surface area contributed by atoms with Crippen molar-refractivity contribution in [3.8, 4) is 0 Å². The van der Waals surface area contributed by atoms with Crippen molar-refractivity contribution in [1.82, 2.24) is 9.80 Å². The van der Waals surface area contributed by atoms with Crippen molar-refractivity contribution in [1.29, 1.82) is 0 Å². The third-order valence-electron chi connectivity index (χ3n) is 3.88. The minimum Gasteiger partial charge on any atom is -0.369 e. The Labute approximate surface area is 103 Å². The van der Waals surface area contributed by atoms with Crippen LogP contribution in [-0.2, 0) is 9.53 Å². The van der Waals surface area contributed by atoms with Crippen LogP contribution in [0, 0.1) is 0 Å². The quantitative estimate of drug-likeness (QED) is 0.731. The first-order chi connectivity index (χ1) is 8.26. The van der Waals surface area contributed by atoms with Gasteiger partial charge in [0.05, 0.1) is 12.6 Å². The lowest BCUT2D eigenvalue weighted by atomic mass is 10.1. The summed E-state index contributed by atoms with van der Waals surface area (Å²) in [6.45, 7) is 6.52. The molecule has 0 radical (unpaired) electrons. The van der Waals surface area contributed by atoms with E-state index in [0.29, 0.717) is 19.2 Å². The van der Waals surface area contributed by atoms with Gasteiger partial charge < -0.3 is 15.4 Å². The molecule has 2 rings (SSSR count). The Morgan fingerprint density at radius 2 is 2.29 bits per heavy atom. The van der Waals surface area contributed by atoms with E-state index in [1.165, 1.54) is 12.8 Å². The van der Waals surface area contributed by atoms with Gasteiger partial charge >= 0.3 is 0 Å². The second-order valence-corrected chi connectivity index (χ2v) is 4.88. The average Bonchev–Trinajstić information content (AvgIpc) is 2.79. The fraction of sp³-hybridized carbons (Fsp3) is 0.917. The van der Waals surface area contributed by atoms with Crippen molar-refractivity contribution in [2.24, 2.45) is 5.73 Å². The number of ether oxygens (including phenoxy) is 1. The summed E-state index contributed by atoms with van der Waals surface area (Å²) in [4.78, 5) is 16.3. The fourth-order valence-electron chi connectivity index (χ4n) is 2.85. The van der Waals surface area contributed by atoms with E-state index in [1.807, 2.05) is 4.90 Å². The Morgan fingerprint density at radius 3 is 3.00 bits per heavy atom. The number of nitrogens with two attached hydrogens (primary N) is 1. The van der Waals surface area contributed by atoms with E-state index in [4.69, 9.17) is 10.5 Å². The van der Waals surface area contributed by atoms with Crippen molar-refractivity contribution >= 4 is 5.91 Å². The average molecular weight is 241 g/mol. The highest BCUT2D eigenvalue weighted by molar-refractivity contribution is 5.78. The molecule has 1 amide bonds. The highest BCUT2D eigenvalue weighted by Crippen LogP contribution is 2.19. The zero-order valence-electron chi connectivity index (χ0n) is 10.6. The van der Waals surface area contributed by atoms with Crippen LogP contribution in [0.5, 0.6) is 0 Å². The smallest absolute Gasteiger partial charge is 0.248 e. The van der Waals surface area contributed by atoms with Gasteiger partial charge in [0.1, 0.15) is 6.61 Å². The molecule has 2 aliphatic heterocycles. The lowest BCUT2D eigenvalue weighted by Crippen LogP contribution is -2.56. The van der Waals surface area contributed by atoms with Gasteiger partial charge in [-0.1, -0.05) is 6.92 Å². The van der Waals surface area contributed by atoms with Gasteiger partial charge in [0.2, 0.25) is 5.91 Å². The van der Waals surface area contributed by atoms with Crippen LogP contribution in [0.3, 0.4) is 0 Å². The molecule has 0 aliphatic carbocycles. The molecule has 0 bridgehead atoms. The minimum atomic E-state index is 0.0653. The van der Waals surface area contributed by atoms with Crippen LogP contribution in [-0.4, -0.2) is 67.2 Å². The number of hydrogen-bond donors (Lipinski definition) is 1. The highest BCUT2D eigenvalue weighted by Gasteiger charge is 2.32. The molecule has 5 nitrogen and oxygen atoms in total. The SMILES string of the molecule is CCN1CCCC1CN1C(=O)COCC1CN. The number of morpholine rings is 1. The fourth-order valence-corrected chi connectivity index (χ4v) is 2.85. The van der Waals surface area contributed by atoms with Crippen LogP contribution in [0.2, 0.25) is 0 Å². The van der Waals surface area contributed by atoms with Crippen LogP contribution < -0.4 is 5.73 Å². The monoisotopic (exact) mass is 241 g/mol. The van der Waals surface area contributed by atoms with E-state index >= 15 is 0 Å². The largest absolute Gasteiger partial charge is 0.369 e. The Hall–Kier alpha value is -0.650. The molecule has 0 spiro atoms. The number of amides is 1. The van der Waals surface area contributed by atoms with Crippen LogP contribution >= 0.6 is 0 Å². The van der Waals surface area contributed by atoms with E-state index < -0.39 is 0 Å². The van der Waals surface area contributed by atoms with E-state index in [-0.39, 0.29) is 18.6 Å². The van der Waals surface area contributed by atoms with E-state index in [9.17, 15) is 4.79 Å². The summed E-state index contributed by atoms with van der Waals surface area (Å²) in [7, 11) is 0. The van der Waals surface area contributed by atoms with Crippen LogP contribution in [0.15, 0.2) is 0 Å². The molecule has 0 aromatic carbocycles. The Morgan fingerprint density at radius 1 is 1.47 bits per heavy atom. The predicted octanol–water partition coefficient (Wildman–Crippen LogP) is -0.343. The van der Waals surface area contributed by atoms with Crippen LogP contribution in [0.4, 0.5) is 0 Å². The van der Waals surface area contributed by atoms with Crippen molar-refractivity contribution in [3.05, 3.63) is 0 Å². The van der Waals surface area contributed by atoms with Crippen molar-refractivity contribution in [2.45, 2.75) is 31.8 Å². The van der Waals surface area contributed by atoms with Gasteiger partial charge in [-0.2, -0.15) is 0 Å². The summed E-state index contributed by atoms with van der Waals surface area (Å²) in [6.07, 6.45) is 2.43. The lowest BCUT2D eigenvalue weighted by molar-refractivity contribution is -0.148. The number of hydrogen-bond acceptors (Lipinski definition) is 4. The molecule has 2 fully saturated rings. The molecule has 0 aromatic rings. The Bertz CT molecular complexity index is 272. The molecule has 0 saturated carbocycles. The topological polar surface area (TPSA) is 58.8 Å². The van der Waals surface area contributed by atoms with E-state index in [0.717, 1.165) is 19.6 Å². The zero-order chi connectivity index (χ0) is 12.3. The number of rotatable bonds is 4. The molecular formula is C12H23N3O2. The molecule has 2 heterocycles. The second-order valence-electron chi connectivity index (χ2n) is 4.88. The standard InChI is InChI=1S/C12H23N3O2/c1-2-14-5-3-4-10(14)7-15-11(6-13)8-17-9-12(15)16/h10-11H,2-9,13H2,1H3. The third-order valence-corrected chi connectivity index (χ3v) is 3.88. The number of likely N-dealkylation sites (N-methyl/N-ethyl adjacent to an activating group) is 1. The van der Waals surface area contributed by atoms with Crippen molar-refractivity contribution < 1.29 is 9.53 Å². The molecule has 2 unspecified atom stereocenters. The minimum absolute atomic E-state index is 0.0653. The number of likely N-dealkylation sites (tertiary alicyclic amines) is 1. The number of carbonyl (C=O) groups is 1. The van der Waals surface area contributed by atoms with Gasteiger partial charge in [-0.05, 0) is 25.9 Å². The number of nitrogens with zero attached hydrogens (tertiary/aromatic N) is 2. The molecule has 17 heavy (non-hydrogen) atoms. The third kappa shape index (κ3) is 2.78. The van der Waals surface area contributed by atoms with E-state index in [1.54, 1.807) is 0 Å². The normalized spacial score (nSPS) is 31.2. The molecule has 2 aliphatic rings. The second kappa shape index (κ2) is 5.80. The van der Waals surface area contributed by atoms with Crippen molar-refractivity contribution in [3.63, 3.8) is 0 Å². The summed E-state index contributed by atoms with van der Waals surface area (Å²) in [5.41, 5.74) is 5.71. The van der Waals surface area contributed by atoms with E-state index in [2.05, 4.69) is 11.8 Å². The summed E-state index contributed by atoms with van der Waals surface area (Å²) < 4.78 is 5.25. The van der Waals surface area contributed by atoms with Crippen LogP contribution in [0.25, 0.3) is 0 Å². The lowest BCUT2D eigenvalue weighted by Gasteiger charge is -2.38. The maximum Gasteiger partial charge on any atom is 0.248 e. The predicted molar refractivity (Wildman–Crippen MR) is 65.6 cm³/mol. The van der Waals surface area contributed by atoms with Gasteiger partial charge in [-0.3, -0.25) is 9.69 Å².